The van der Waals surface area contributed by atoms with Crippen LogP contribution in [0.3, 0.4) is 0 Å². The van der Waals surface area contributed by atoms with Gasteiger partial charge in [-0.1, -0.05) is 38.1 Å². The molecule has 0 saturated heterocycles. The van der Waals surface area contributed by atoms with Gasteiger partial charge < -0.3 is 9.84 Å². The summed E-state index contributed by atoms with van der Waals surface area (Å²) in [7, 11) is 0. The van der Waals surface area contributed by atoms with E-state index in [1.807, 2.05) is 18.2 Å². The number of aliphatic carboxylic acids is 1. The number of benzene rings is 1. The van der Waals surface area contributed by atoms with Crippen LogP contribution in [0.2, 0.25) is 0 Å². The molecule has 0 radical (unpaired) electrons. The molecule has 0 aromatic heterocycles. The van der Waals surface area contributed by atoms with Crippen molar-refractivity contribution in [3.8, 4) is 0 Å². The third-order valence-electron chi connectivity index (χ3n) is 1.92. The van der Waals surface area contributed by atoms with Crippen LogP contribution in [0.25, 0.3) is 0 Å². The molecule has 1 aromatic rings. The van der Waals surface area contributed by atoms with Gasteiger partial charge >= 0.3 is 11.9 Å². The summed E-state index contributed by atoms with van der Waals surface area (Å²) in [6.07, 6.45) is 2.81. The molecule has 0 saturated carbocycles. The van der Waals surface area contributed by atoms with Crippen LogP contribution in [0.4, 0.5) is 0 Å². The second kappa shape index (κ2) is 10.1. The van der Waals surface area contributed by atoms with Gasteiger partial charge in [-0.2, -0.15) is 0 Å². The van der Waals surface area contributed by atoms with E-state index in [9.17, 15) is 9.59 Å². The Hall–Kier alpha value is -2.10. The van der Waals surface area contributed by atoms with Gasteiger partial charge in [0, 0.05) is 6.08 Å². The summed E-state index contributed by atoms with van der Waals surface area (Å²) < 4.78 is 5.03. The van der Waals surface area contributed by atoms with E-state index in [1.165, 1.54) is 0 Å². The van der Waals surface area contributed by atoms with Crippen LogP contribution in [0.15, 0.2) is 43.0 Å². The predicted molar refractivity (Wildman–Crippen MR) is 69.5 cm³/mol. The van der Waals surface area contributed by atoms with E-state index in [-0.39, 0.29) is 5.97 Å². The van der Waals surface area contributed by atoms with Gasteiger partial charge in [0.15, 0.2) is 0 Å². The first kappa shape index (κ1) is 15.9. The second-order valence-corrected chi connectivity index (χ2v) is 3.40. The number of ether oxygens (including phenoxy) is 1. The highest BCUT2D eigenvalue weighted by Gasteiger charge is 2.03. The fourth-order valence-corrected chi connectivity index (χ4v) is 0.967. The number of unbranched alkanes of at least 4 members (excludes halogenated alkanes) is 1. The smallest absolute Gasteiger partial charge is 0.338 e. The number of esters is 1. The zero-order valence-electron chi connectivity index (χ0n) is 10.5. The van der Waals surface area contributed by atoms with Crippen LogP contribution in [0.1, 0.15) is 30.1 Å². The van der Waals surface area contributed by atoms with Crippen LogP contribution >= 0.6 is 0 Å². The quantitative estimate of drug-likeness (QED) is 0.496. The molecule has 0 heterocycles. The molecule has 0 bridgehead atoms. The molecule has 0 aliphatic rings. The molecular formula is C14H18O4. The minimum absolute atomic E-state index is 0.228. The van der Waals surface area contributed by atoms with Gasteiger partial charge in [0.1, 0.15) is 0 Å². The summed E-state index contributed by atoms with van der Waals surface area (Å²) >= 11 is 0. The molecule has 0 atom stereocenters. The zero-order valence-corrected chi connectivity index (χ0v) is 10.5. The molecule has 4 nitrogen and oxygen atoms in total. The SMILES string of the molecule is C=CC(=O)O.CCCCOC(=O)c1ccccc1. The van der Waals surface area contributed by atoms with Gasteiger partial charge in [-0.3, -0.25) is 0 Å². The number of carbonyl (C=O) groups excluding carboxylic acids is 1. The van der Waals surface area contributed by atoms with Gasteiger partial charge in [-0.25, -0.2) is 9.59 Å². The van der Waals surface area contributed by atoms with Crippen molar-refractivity contribution >= 4 is 11.9 Å². The topological polar surface area (TPSA) is 63.6 Å². The van der Waals surface area contributed by atoms with Crippen LogP contribution < -0.4 is 0 Å². The predicted octanol–water partition coefficient (Wildman–Crippen LogP) is 2.90. The number of hydrogen-bond acceptors (Lipinski definition) is 3. The number of carbonyl (C=O) groups is 2. The summed E-state index contributed by atoms with van der Waals surface area (Å²) in [5.41, 5.74) is 0.624. The van der Waals surface area contributed by atoms with E-state index in [0.717, 1.165) is 18.9 Å². The first-order valence-electron chi connectivity index (χ1n) is 5.69. The molecule has 0 fully saturated rings. The Morgan fingerprint density at radius 1 is 1.33 bits per heavy atom. The molecule has 0 unspecified atom stereocenters. The molecule has 0 spiro atoms. The van der Waals surface area contributed by atoms with Crippen LogP contribution in [-0.2, 0) is 9.53 Å². The van der Waals surface area contributed by atoms with Gasteiger partial charge in [-0.15, -0.1) is 0 Å². The molecule has 1 rings (SSSR count). The molecule has 98 valence electrons. The van der Waals surface area contributed by atoms with Crippen molar-refractivity contribution in [2.24, 2.45) is 0 Å². The number of rotatable bonds is 5. The maximum Gasteiger partial charge on any atom is 0.338 e. The molecule has 0 aliphatic carbocycles. The van der Waals surface area contributed by atoms with Crippen molar-refractivity contribution in [2.45, 2.75) is 19.8 Å². The minimum Gasteiger partial charge on any atom is -0.478 e. The largest absolute Gasteiger partial charge is 0.478 e. The fraction of sp³-hybridized carbons (Fsp3) is 0.286. The van der Waals surface area contributed by atoms with Crippen molar-refractivity contribution in [3.05, 3.63) is 48.6 Å². The summed E-state index contributed by atoms with van der Waals surface area (Å²) in [6, 6.07) is 9.05. The lowest BCUT2D eigenvalue weighted by Gasteiger charge is -2.02. The van der Waals surface area contributed by atoms with E-state index < -0.39 is 5.97 Å². The van der Waals surface area contributed by atoms with Gasteiger partial charge in [0.2, 0.25) is 0 Å². The van der Waals surface area contributed by atoms with Crippen molar-refractivity contribution in [2.75, 3.05) is 6.61 Å². The van der Waals surface area contributed by atoms with Crippen LogP contribution in [-0.4, -0.2) is 23.7 Å². The molecule has 4 heteroatoms. The first-order chi connectivity index (χ1) is 8.61. The highest BCUT2D eigenvalue weighted by molar-refractivity contribution is 5.89. The van der Waals surface area contributed by atoms with Crippen LogP contribution in [0, 0.1) is 0 Å². The summed E-state index contributed by atoms with van der Waals surface area (Å²) in [6.45, 7) is 5.54. The first-order valence-corrected chi connectivity index (χ1v) is 5.69. The van der Waals surface area contributed by atoms with E-state index in [1.54, 1.807) is 12.1 Å². The molecular weight excluding hydrogens is 232 g/mol. The van der Waals surface area contributed by atoms with Gasteiger partial charge in [0.25, 0.3) is 0 Å². The Balaban J connectivity index is 0.000000494. The minimum atomic E-state index is -0.981. The fourth-order valence-electron chi connectivity index (χ4n) is 0.967. The van der Waals surface area contributed by atoms with Gasteiger partial charge in [0.05, 0.1) is 12.2 Å². The lowest BCUT2D eigenvalue weighted by atomic mass is 10.2. The third kappa shape index (κ3) is 8.10. The highest BCUT2D eigenvalue weighted by atomic mass is 16.5. The zero-order chi connectivity index (χ0) is 13.8. The Labute approximate surface area is 107 Å². The molecule has 18 heavy (non-hydrogen) atoms. The van der Waals surface area contributed by atoms with Crippen molar-refractivity contribution in [1.29, 1.82) is 0 Å². The van der Waals surface area contributed by atoms with E-state index in [2.05, 4.69) is 13.5 Å². The summed E-state index contributed by atoms with van der Waals surface area (Å²) in [4.78, 5) is 20.5. The highest BCUT2D eigenvalue weighted by Crippen LogP contribution is 2.01. The average molecular weight is 250 g/mol. The molecule has 1 N–H and O–H groups in total. The number of carboxylic acid groups (broad SMARTS) is 1. The standard InChI is InChI=1S/C11H14O2.C3H4O2/c1-2-3-9-13-11(12)10-7-5-4-6-8-10;1-2-3(4)5/h4-8H,2-3,9H2,1H3;2H,1H2,(H,4,5). The Kier molecular flexibility index (Phi) is 8.90. The van der Waals surface area contributed by atoms with Gasteiger partial charge in [-0.05, 0) is 18.6 Å². The maximum absolute atomic E-state index is 11.3. The lowest BCUT2D eigenvalue weighted by Crippen LogP contribution is -2.05. The Morgan fingerprint density at radius 3 is 2.33 bits per heavy atom. The van der Waals surface area contributed by atoms with Crippen molar-refractivity contribution in [1.82, 2.24) is 0 Å². The molecule has 0 amide bonds. The average Bonchev–Trinajstić information content (AvgIpc) is 2.40. The monoisotopic (exact) mass is 250 g/mol. The second-order valence-electron chi connectivity index (χ2n) is 3.40. The Bertz CT molecular complexity index is 371. The van der Waals surface area contributed by atoms with Crippen molar-refractivity contribution < 1.29 is 19.4 Å². The van der Waals surface area contributed by atoms with E-state index in [0.29, 0.717) is 12.2 Å². The number of carboxylic acids is 1. The maximum atomic E-state index is 11.3. The van der Waals surface area contributed by atoms with E-state index in [4.69, 9.17) is 9.84 Å². The Morgan fingerprint density at radius 2 is 1.89 bits per heavy atom. The summed E-state index contributed by atoms with van der Waals surface area (Å²) in [5.74, 6) is -1.21. The van der Waals surface area contributed by atoms with Crippen molar-refractivity contribution in [3.63, 3.8) is 0 Å². The summed E-state index contributed by atoms with van der Waals surface area (Å²) in [5, 5.41) is 7.60. The molecule has 1 aromatic carbocycles. The molecule has 0 aliphatic heterocycles. The van der Waals surface area contributed by atoms with E-state index >= 15 is 0 Å². The lowest BCUT2D eigenvalue weighted by molar-refractivity contribution is -0.131. The number of hydrogen-bond donors (Lipinski definition) is 1. The normalized spacial score (nSPS) is 8.72. The third-order valence-corrected chi connectivity index (χ3v) is 1.92. The van der Waals surface area contributed by atoms with Crippen LogP contribution in [0.5, 0.6) is 0 Å².